The molecule has 1 N–H and O–H groups in total. The molecule has 0 bridgehead atoms. The van der Waals surface area contributed by atoms with Gasteiger partial charge in [-0.05, 0) is 76.2 Å². The number of halogens is 1. The zero-order valence-corrected chi connectivity index (χ0v) is 17.4. The summed E-state index contributed by atoms with van der Waals surface area (Å²) in [6.45, 7) is 4.89. The summed E-state index contributed by atoms with van der Waals surface area (Å²) in [6, 6.07) is 5.95. The normalized spacial score (nSPS) is 18.0. The Hall–Kier alpha value is -1.46. The molecule has 2 aliphatic rings. The number of carbonyl (C=O) groups excluding carboxylic acids is 1. The van der Waals surface area contributed by atoms with Crippen LogP contribution >= 0.6 is 12.4 Å². The van der Waals surface area contributed by atoms with Crippen LogP contribution in [-0.2, 0) is 0 Å². The second-order valence-corrected chi connectivity index (χ2v) is 7.37. The highest BCUT2D eigenvalue weighted by atomic mass is 35.5. The summed E-state index contributed by atoms with van der Waals surface area (Å²) in [7, 11) is 1.64. The fourth-order valence-electron chi connectivity index (χ4n) is 4.06. The molecule has 1 amide bonds. The summed E-state index contributed by atoms with van der Waals surface area (Å²) >= 11 is 0. The summed E-state index contributed by atoms with van der Waals surface area (Å²) in [5.41, 5.74) is 0.688. The molecule has 0 atom stereocenters. The molecule has 1 aliphatic heterocycles. The van der Waals surface area contributed by atoms with Gasteiger partial charge in [-0.1, -0.05) is 6.92 Å². The first kappa shape index (κ1) is 21.8. The predicted molar refractivity (Wildman–Crippen MR) is 110 cm³/mol. The number of methoxy groups -OCH3 is 1. The molecule has 0 aromatic heterocycles. The number of amides is 1. The minimum absolute atomic E-state index is 0. The number of rotatable bonds is 7. The number of benzene rings is 1. The van der Waals surface area contributed by atoms with Crippen LogP contribution in [0.1, 0.15) is 62.2 Å². The molecule has 0 unspecified atom stereocenters. The van der Waals surface area contributed by atoms with E-state index in [2.05, 4.69) is 12.2 Å². The lowest BCUT2D eigenvalue weighted by molar-refractivity contribution is 0.0642. The lowest BCUT2D eigenvalue weighted by Crippen LogP contribution is -2.46. The Labute approximate surface area is 169 Å². The average molecular weight is 397 g/mol. The van der Waals surface area contributed by atoms with Crippen LogP contribution in [-0.4, -0.2) is 49.7 Å². The smallest absolute Gasteiger partial charge is 0.254 e. The van der Waals surface area contributed by atoms with Gasteiger partial charge in [0.2, 0.25) is 0 Å². The fourth-order valence-corrected chi connectivity index (χ4v) is 4.06. The Balaban J connectivity index is 0.00000261. The summed E-state index contributed by atoms with van der Waals surface area (Å²) in [5.74, 6) is 1.51. The Morgan fingerprint density at radius 2 is 1.85 bits per heavy atom. The van der Waals surface area contributed by atoms with Crippen molar-refractivity contribution in [3.8, 4) is 11.5 Å². The minimum Gasteiger partial charge on any atom is -0.493 e. The van der Waals surface area contributed by atoms with Crippen molar-refractivity contribution in [3.05, 3.63) is 23.8 Å². The first-order valence-electron chi connectivity index (χ1n) is 10.1. The highest BCUT2D eigenvalue weighted by Crippen LogP contribution is 2.33. The Bertz CT molecular complexity index is 599. The highest BCUT2D eigenvalue weighted by Gasteiger charge is 2.26. The van der Waals surface area contributed by atoms with Crippen molar-refractivity contribution in [3.63, 3.8) is 0 Å². The van der Waals surface area contributed by atoms with Gasteiger partial charge < -0.3 is 19.7 Å². The molecule has 1 saturated carbocycles. The van der Waals surface area contributed by atoms with Gasteiger partial charge >= 0.3 is 0 Å². The van der Waals surface area contributed by atoms with Crippen LogP contribution < -0.4 is 14.8 Å². The third-order valence-electron chi connectivity index (χ3n) is 5.48. The molecular formula is C21H33ClN2O3. The topological polar surface area (TPSA) is 50.8 Å². The van der Waals surface area contributed by atoms with Gasteiger partial charge in [0.15, 0.2) is 11.5 Å². The fraction of sp³-hybridized carbons (Fsp3) is 0.667. The minimum atomic E-state index is 0. The molecular weight excluding hydrogens is 364 g/mol. The average Bonchev–Trinajstić information content (AvgIpc) is 3.19. The summed E-state index contributed by atoms with van der Waals surface area (Å²) in [5, 5.41) is 3.38. The zero-order valence-electron chi connectivity index (χ0n) is 16.5. The van der Waals surface area contributed by atoms with Gasteiger partial charge in [0.05, 0.1) is 13.2 Å². The van der Waals surface area contributed by atoms with Crippen molar-refractivity contribution in [2.75, 3.05) is 26.7 Å². The monoisotopic (exact) mass is 396 g/mol. The van der Waals surface area contributed by atoms with E-state index in [1.807, 2.05) is 23.1 Å². The molecule has 6 heteroatoms. The summed E-state index contributed by atoms with van der Waals surface area (Å²) in [6.07, 6.45) is 7.94. The van der Waals surface area contributed by atoms with Gasteiger partial charge in [0, 0.05) is 18.2 Å². The summed E-state index contributed by atoms with van der Waals surface area (Å²) < 4.78 is 11.6. The van der Waals surface area contributed by atoms with Crippen molar-refractivity contribution in [2.45, 2.75) is 64.0 Å². The van der Waals surface area contributed by atoms with Gasteiger partial charge in [-0.15, -0.1) is 12.4 Å². The van der Waals surface area contributed by atoms with Crippen molar-refractivity contribution in [2.24, 2.45) is 0 Å². The van der Waals surface area contributed by atoms with Crippen LogP contribution in [0.2, 0.25) is 0 Å². The van der Waals surface area contributed by atoms with Gasteiger partial charge in [-0.3, -0.25) is 4.79 Å². The molecule has 27 heavy (non-hydrogen) atoms. The van der Waals surface area contributed by atoms with Gasteiger partial charge in [0.25, 0.3) is 5.91 Å². The van der Waals surface area contributed by atoms with E-state index in [0.29, 0.717) is 17.4 Å². The molecule has 1 aromatic carbocycles. The number of nitrogens with zero attached hydrogens (tertiary/aromatic N) is 1. The van der Waals surface area contributed by atoms with Crippen molar-refractivity contribution in [1.82, 2.24) is 10.2 Å². The van der Waals surface area contributed by atoms with Crippen molar-refractivity contribution >= 4 is 18.3 Å². The first-order valence-corrected chi connectivity index (χ1v) is 10.1. The molecule has 2 fully saturated rings. The third-order valence-corrected chi connectivity index (χ3v) is 5.48. The third kappa shape index (κ3) is 5.52. The number of nitrogens with one attached hydrogen (secondary N) is 1. The zero-order chi connectivity index (χ0) is 18.4. The quantitative estimate of drug-likeness (QED) is 0.755. The van der Waals surface area contributed by atoms with Crippen LogP contribution in [0.3, 0.4) is 0 Å². The van der Waals surface area contributed by atoms with Crippen LogP contribution in [0.15, 0.2) is 18.2 Å². The SMILES string of the molecule is CCCN(C(=O)c1ccc(OC2CCCC2)c(OC)c1)C1CCNCC1.Cl. The Morgan fingerprint density at radius 1 is 1.15 bits per heavy atom. The highest BCUT2D eigenvalue weighted by molar-refractivity contribution is 5.95. The van der Waals surface area contributed by atoms with Crippen molar-refractivity contribution < 1.29 is 14.3 Å². The van der Waals surface area contributed by atoms with E-state index in [1.165, 1.54) is 12.8 Å². The van der Waals surface area contributed by atoms with E-state index in [-0.39, 0.29) is 24.4 Å². The molecule has 0 spiro atoms. The van der Waals surface area contributed by atoms with Gasteiger partial charge in [-0.25, -0.2) is 0 Å². The van der Waals surface area contributed by atoms with E-state index in [1.54, 1.807) is 7.11 Å². The molecule has 0 radical (unpaired) electrons. The largest absolute Gasteiger partial charge is 0.493 e. The van der Waals surface area contributed by atoms with E-state index < -0.39 is 0 Å². The molecule has 152 valence electrons. The number of carbonyl (C=O) groups is 1. The van der Waals surface area contributed by atoms with E-state index in [9.17, 15) is 4.79 Å². The van der Waals surface area contributed by atoms with Gasteiger partial charge in [-0.2, -0.15) is 0 Å². The van der Waals surface area contributed by atoms with Gasteiger partial charge in [0.1, 0.15) is 0 Å². The molecule has 1 aromatic rings. The van der Waals surface area contributed by atoms with Crippen LogP contribution in [0.5, 0.6) is 11.5 Å². The molecule has 1 saturated heterocycles. The number of piperidine rings is 1. The second-order valence-electron chi connectivity index (χ2n) is 7.37. The molecule has 5 nitrogen and oxygen atoms in total. The van der Waals surface area contributed by atoms with Crippen molar-refractivity contribution in [1.29, 1.82) is 0 Å². The number of hydrogen-bond acceptors (Lipinski definition) is 4. The lowest BCUT2D eigenvalue weighted by atomic mass is 10.0. The maximum atomic E-state index is 13.2. The lowest BCUT2D eigenvalue weighted by Gasteiger charge is -2.34. The van der Waals surface area contributed by atoms with Crippen LogP contribution in [0.25, 0.3) is 0 Å². The first-order chi connectivity index (χ1) is 12.7. The van der Waals surface area contributed by atoms with Crippen LogP contribution in [0.4, 0.5) is 0 Å². The van der Waals surface area contributed by atoms with Crippen LogP contribution in [0, 0.1) is 0 Å². The van der Waals surface area contributed by atoms with E-state index in [0.717, 1.165) is 57.5 Å². The number of ether oxygens (including phenoxy) is 2. The molecule has 1 aliphatic carbocycles. The van der Waals surface area contributed by atoms with E-state index >= 15 is 0 Å². The number of hydrogen-bond donors (Lipinski definition) is 1. The predicted octanol–water partition coefficient (Wildman–Crippen LogP) is 4.04. The Morgan fingerprint density at radius 3 is 2.48 bits per heavy atom. The summed E-state index contributed by atoms with van der Waals surface area (Å²) in [4.78, 5) is 15.2. The Kier molecular flexibility index (Phi) is 8.71. The maximum absolute atomic E-state index is 13.2. The molecule has 1 heterocycles. The van der Waals surface area contributed by atoms with E-state index in [4.69, 9.17) is 9.47 Å². The maximum Gasteiger partial charge on any atom is 0.254 e. The standard InChI is InChI=1S/C21H32N2O3.ClH/c1-3-14-23(17-10-12-22-13-11-17)21(24)16-8-9-19(20(15-16)25-2)26-18-6-4-5-7-18;/h8-9,15,17-18,22H,3-7,10-14H2,1-2H3;1H. The molecule has 3 rings (SSSR count). The second kappa shape index (κ2) is 10.8.